The molecule has 3 rings (SSSR count). The summed E-state index contributed by atoms with van der Waals surface area (Å²) in [4.78, 5) is 27.8. The maximum Gasteiger partial charge on any atom is 0.264 e. The summed E-state index contributed by atoms with van der Waals surface area (Å²) in [7, 11) is -4.34. The van der Waals surface area contributed by atoms with Gasteiger partial charge in [0.1, 0.15) is 18.4 Å². The van der Waals surface area contributed by atoms with Crippen LogP contribution in [0.5, 0.6) is 0 Å². The molecule has 3 aromatic rings. The summed E-state index contributed by atoms with van der Waals surface area (Å²) in [6, 6.07) is 17.3. The van der Waals surface area contributed by atoms with E-state index in [0.717, 1.165) is 15.9 Å². The van der Waals surface area contributed by atoms with E-state index in [9.17, 15) is 22.4 Å². The van der Waals surface area contributed by atoms with Crippen LogP contribution in [0.1, 0.15) is 31.4 Å². The number of nitrogens with zero attached hydrogens (tertiary/aromatic N) is 2. The summed E-state index contributed by atoms with van der Waals surface area (Å²) < 4.78 is 43.0. The molecule has 202 valence electrons. The highest BCUT2D eigenvalue weighted by Crippen LogP contribution is 2.27. The van der Waals surface area contributed by atoms with E-state index < -0.39 is 34.3 Å². The quantitative estimate of drug-likeness (QED) is 0.361. The molecule has 1 N–H and O–H groups in total. The Kier molecular flexibility index (Phi) is 9.88. The van der Waals surface area contributed by atoms with Crippen LogP contribution in [0.2, 0.25) is 5.02 Å². The van der Waals surface area contributed by atoms with Gasteiger partial charge in [0, 0.05) is 18.1 Å². The highest BCUT2D eigenvalue weighted by atomic mass is 35.5. The largest absolute Gasteiger partial charge is 0.354 e. The molecule has 1 unspecified atom stereocenters. The maximum absolute atomic E-state index is 14.9. The number of para-hydroxylation sites is 1. The molecule has 0 aliphatic rings. The smallest absolute Gasteiger partial charge is 0.264 e. The van der Waals surface area contributed by atoms with Gasteiger partial charge in [0.2, 0.25) is 11.8 Å². The van der Waals surface area contributed by atoms with Crippen LogP contribution in [0.4, 0.5) is 10.1 Å². The van der Waals surface area contributed by atoms with E-state index in [-0.39, 0.29) is 23.0 Å². The number of hydrogen-bond donors (Lipinski definition) is 1. The normalized spacial score (nSPS) is 12.0. The van der Waals surface area contributed by atoms with Crippen LogP contribution in [0.25, 0.3) is 0 Å². The fourth-order valence-electron chi connectivity index (χ4n) is 3.82. The van der Waals surface area contributed by atoms with Crippen LogP contribution in [-0.2, 0) is 26.2 Å². The van der Waals surface area contributed by atoms with Crippen molar-refractivity contribution in [2.45, 2.75) is 44.7 Å². The van der Waals surface area contributed by atoms with Crippen LogP contribution in [0, 0.1) is 12.7 Å². The third-order valence-corrected chi connectivity index (χ3v) is 7.98. The Balaban J connectivity index is 2.03. The fourth-order valence-corrected chi connectivity index (χ4v) is 5.45. The average molecular weight is 560 g/mol. The molecule has 0 saturated heterocycles. The Morgan fingerprint density at radius 3 is 2.34 bits per heavy atom. The van der Waals surface area contributed by atoms with Gasteiger partial charge in [-0.25, -0.2) is 12.8 Å². The summed E-state index contributed by atoms with van der Waals surface area (Å²) in [6.07, 6.45) is 0.705. The van der Waals surface area contributed by atoms with Crippen molar-refractivity contribution in [1.82, 2.24) is 10.2 Å². The zero-order valence-electron chi connectivity index (χ0n) is 21.5. The molecule has 3 aromatic carbocycles. The number of aryl methyl sites for hydroxylation is 1. The zero-order valence-corrected chi connectivity index (χ0v) is 23.1. The molecule has 1 atom stereocenters. The van der Waals surface area contributed by atoms with Gasteiger partial charge in [-0.15, -0.1) is 0 Å². The number of hydrogen-bond acceptors (Lipinski definition) is 4. The van der Waals surface area contributed by atoms with Crippen LogP contribution in [0.3, 0.4) is 0 Å². The van der Waals surface area contributed by atoms with E-state index in [1.807, 2.05) is 13.8 Å². The number of anilines is 1. The third-order valence-electron chi connectivity index (χ3n) is 5.97. The lowest BCUT2D eigenvalue weighted by Crippen LogP contribution is -2.51. The van der Waals surface area contributed by atoms with Gasteiger partial charge in [0.25, 0.3) is 10.0 Å². The average Bonchev–Trinajstić information content (AvgIpc) is 2.89. The third kappa shape index (κ3) is 7.11. The first kappa shape index (κ1) is 29.1. The number of sulfonamides is 1. The minimum atomic E-state index is -4.34. The van der Waals surface area contributed by atoms with Crippen LogP contribution in [0.15, 0.2) is 77.7 Å². The lowest BCUT2D eigenvalue weighted by molar-refractivity contribution is -0.139. The first-order valence-corrected chi connectivity index (χ1v) is 14.0. The first-order chi connectivity index (χ1) is 18.0. The molecular formula is C28H31ClFN3O4S. The number of carbonyl (C=O) groups excluding carboxylic acids is 2. The van der Waals surface area contributed by atoms with E-state index in [1.54, 1.807) is 43.3 Å². The molecule has 10 heteroatoms. The van der Waals surface area contributed by atoms with Gasteiger partial charge in [-0.05, 0) is 62.2 Å². The van der Waals surface area contributed by atoms with E-state index in [0.29, 0.717) is 23.6 Å². The molecule has 7 nitrogen and oxygen atoms in total. The summed E-state index contributed by atoms with van der Waals surface area (Å²) >= 11 is 6.13. The number of rotatable bonds is 11. The van der Waals surface area contributed by atoms with Crippen molar-refractivity contribution in [3.05, 3.63) is 94.8 Å². The SMILES string of the molecule is CCCNC(=O)C(C)N(Cc1cccc(Cl)c1)C(=O)CN(c1ccccc1F)S(=O)(=O)c1ccc(C)cc1. The second-order valence-corrected chi connectivity index (χ2v) is 11.2. The van der Waals surface area contributed by atoms with E-state index in [4.69, 9.17) is 11.6 Å². The van der Waals surface area contributed by atoms with Crippen molar-refractivity contribution in [2.24, 2.45) is 0 Å². The first-order valence-electron chi connectivity index (χ1n) is 12.2. The number of nitrogens with one attached hydrogen (secondary N) is 1. The van der Waals surface area contributed by atoms with Gasteiger partial charge >= 0.3 is 0 Å². The summed E-state index contributed by atoms with van der Waals surface area (Å²) in [6.45, 7) is 4.98. The van der Waals surface area contributed by atoms with Crippen molar-refractivity contribution in [3.8, 4) is 0 Å². The van der Waals surface area contributed by atoms with Crippen LogP contribution >= 0.6 is 11.6 Å². The van der Waals surface area contributed by atoms with Gasteiger partial charge in [-0.1, -0.05) is 60.5 Å². The Labute approximate surface area is 228 Å². The van der Waals surface area contributed by atoms with Crippen molar-refractivity contribution in [2.75, 3.05) is 17.4 Å². The second kappa shape index (κ2) is 12.9. The topological polar surface area (TPSA) is 86.8 Å². The summed E-state index contributed by atoms with van der Waals surface area (Å²) in [5.41, 5.74) is 1.23. The molecule has 0 bridgehead atoms. The van der Waals surface area contributed by atoms with E-state index >= 15 is 0 Å². The monoisotopic (exact) mass is 559 g/mol. The Bertz CT molecular complexity index is 1380. The highest BCUT2D eigenvalue weighted by molar-refractivity contribution is 7.92. The molecule has 0 heterocycles. The minimum Gasteiger partial charge on any atom is -0.354 e. The molecule has 38 heavy (non-hydrogen) atoms. The number of carbonyl (C=O) groups is 2. The van der Waals surface area contributed by atoms with Gasteiger partial charge in [-0.3, -0.25) is 13.9 Å². The Morgan fingerprint density at radius 1 is 1.03 bits per heavy atom. The highest BCUT2D eigenvalue weighted by Gasteiger charge is 2.33. The predicted molar refractivity (Wildman–Crippen MR) is 147 cm³/mol. The van der Waals surface area contributed by atoms with Crippen LogP contribution < -0.4 is 9.62 Å². The molecule has 0 saturated carbocycles. The molecule has 0 aromatic heterocycles. The van der Waals surface area contributed by atoms with Crippen molar-refractivity contribution in [1.29, 1.82) is 0 Å². The second-order valence-electron chi connectivity index (χ2n) is 8.89. The van der Waals surface area contributed by atoms with Crippen LogP contribution in [-0.4, -0.2) is 44.3 Å². The van der Waals surface area contributed by atoms with Gasteiger partial charge in [0.05, 0.1) is 10.6 Å². The Morgan fingerprint density at radius 2 is 1.71 bits per heavy atom. The fraction of sp³-hybridized carbons (Fsp3) is 0.286. The van der Waals surface area contributed by atoms with Gasteiger partial charge in [-0.2, -0.15) is 0 Å². The number of halogens is 2. The predicted octanol–water partition coefficient (Wildman–Crippen LogP) is 4.93. The molecule has 0 aliphatic heterocycles. The molecule has 0 spiro atoms. The molecule has 2 amide bonds. The lowest BCUT2D eigenvalue weighted by Gasteiger charge is -2.32. The molecular weight excluding hydrogens is 529 g/mol. The zero-order chi connectivity index (χ0) is 27.9. The molecule has 0 aliphatic carbocycles. The van der Waals surface area contributed by atoms with Crippen molar-refractivity contribution in [3.63, 3.8) is 0 Å². The minimum absolute atomic E-state index is 0.00417. The van der Waals surface area contributed by atoms with Crippen molar-refractivity contribution >= 4 is 39.1 Å². The summed E-state index contributed by atoms with van der Waals surface area (Å²) in [5, 5.41) is 3.22. The lowest BCUT2D eigenvalue weighted by atomic mass is 10.1. The van der Waals surface area contributed by atoms with E-state index in [2.05, 4.69) is 5.32 Å². The number of benzene rings is 3. The van der Waals surface area contributed by atoms with Gasteiger partial charge in [0.15, 0.2) is 0 Å². The maximum atomic E-state index is 14.9. The molecule has 0 radical (unpaired) electrons. The standard InChI is InChI=1S/C28H31ClFN3O4S/c1-4-16-31-28(35)21(3)32(18-22-8-7-9-23(29)17-22)27(34)19-33(26-11-6-5-10-25(26)30)38(36,37)24-14-12-20(2)13-15-24/h5-15,17,21H,4,16,18-19H2,1-3H3,(H,31,35). The number of amides is 2. The molecule has 0 fully saturated rings. The summed E-state index contributed by atoms with van der Waals surface area (Å²) in [5.74, 6) is -1.87. The van der Waals surface area contributed by atoms with Crippen molar-refractivity contribution < 1.29 is 22.4 Å². The van der Waals surface area contributed by atoms with Gasteiger partial charge < -0.3 is 10.2 Å². The Hall–Kier alpha value is -3.43. The van der Waals surface area contributed by atoms with E-state index in [1.165, 1.54) is 35.2 Å².